The van der Waals surface area contributed by atoms with Crippen LogP contribution >= 0.6 is 0 Å². The first-order valence-electron chi connectivity index (χ1n) is 11.8. The summed E-state index contributed by atoms with van der Waals surface area (Å²) in [6, 6.07) is 0. The molecule has 5 heteroatoms. The Labute approximate surface area is 173 Å². The van der Waals surface area contributed by atoms with Crippen molar-refractivity contribution >= 4 is 0 Å². The molecule has 2 saturated heterocycles. The fourth-order valence-electron chi connectivity index (χ4n) is 8.82. The van der Waals surface area contributed by atoms with Gasteiger partial charge in [0.2, 0.25) is 0 Å². The van der Waals surface area contributed by atoms with Crippen LogP contribution in [0.5, 0.6) is 0 Å². The van der Waals surface area contributed by atoms with E-state index in [2.05, 4.69) is 13.0 Å². The van der Waals surface area contributed by atoms with E-state index in [4.69, 9.17) is 23.7 Å². The second kappa shape index (κ2) is 5.29. The number of methoxy groups -OCH3 is 1. The quantitative estimate of drug-likeness (QED) is 0.406. The Morgan fingerprint density at radius 3 is 2.79 bits per heavy atom. The van der Waals surface area contributed by atoms with Gasteiger partial charge in [0.25, 0.3) is 0 Å². The first-order chi connectivity index (χ1) is 13.9. The van der Waals surface area contributed by atoms with Gasteiger partial charge >= 0.3 is 0 Å². The molecule has 1 unspecified atom stereocenters. The van der Waals surface area contributed by atoms with Crippen molar-refractivity contribution in [2.75, 3.05) is 20.3 Å². The predicted octanol–water partition coefficient (Wildman–Crippen LogP) is 3.96. The topological polar surface area (TPSA) is 49.5 Å². The van der Waals surface area contributed by atoms with Crippen molar-refractivity contribution < 1.29 is 23.7 Å². The van der Waals surface area contributed by atoms with Crippen LogP contribution in [0.1, 0.15) is 65.2 Å². The van der Waals surface area contributed by atoms with Gasteiger partial charge in [-0.25, -0.2) is 0 Å². The Morgan fingerprint density at radius 2 is 2.00 bits per heavy atom. The van der Waals surface area contributed by atoms with Crippen molar-refractivity contribution in [3.8, 4) is 0 Å². The van der Waals surface area contributed by atoms with Crippen molar-refractivity contribution in [1.29, 1.82) is 0 Å². The molecule has 0 aromatic heterocycles. The molecule has 7 aliphatic rings. The van der Waals surface area contributed by atoms with E-state index in [0.29, 0.717) is 11.8 Å². The van der Waals surface area contributed by atoms with Crippen molar-refractivity contribution in [3.05, 3.63) is 11.6 Å². The van der Waals surface area contributed by atoms with Crippen LogP contribution < -0.4 is 0 Å². The molecule has 2 aliphatic heterocycles. The van der Waals surface area contributed by atoms with Gasteiger partial charge in [-0.2, -0.15) is 0 Å². The van der Waals surface area contributed by atoms with Gasteiger partial charge in [0.15, 0.2) is 12.1 Å². The number of ether oxygens (including phenoxy) is 5. The van der Waals surface area contributed by atoms with Crippen LogP contribution in [-0.4, -0.2) is 49.2 Å². The standard InChI is InChI=1S/C24H34O5/c1-15(25-3)28-24-13-16(24)12-19-17-4-7-21-14-22(26-10-11-27-22)8-9-23(21,29-21)18(17)5-6-20(19,24)2/h5,15-17,19H,4,6-14H2,1-3H3/t15?,16-,17+,19-,20-,21+,23+,24-/m0/s1. The van der Waals surface area contributed by atoms with Gasteiger partial charge < -0.3 is 23.7 Å². The van der Waals surface area contributed by atoms with E-state index in [-0.39, 0.29) is 34.3 Å². The van der Waals surface area contributed by atoms with Gasteiger partial charge in [-0.05, 0) is 68.8 Å². The SMILES string of the molecule is COC(C)O[C@@]12C[C@@H]1C[C@H]1[C@@H]3CC[C@@]45CC6(CC[C@@]4(O5)C3=CC[C@@]12C)OCCO6. The van der Waals surface area contributed by atoms with Crippen molar-refractivity contribution in [3.63, 3.8) is 0 Å². The van der Waals surface area contributed by atoms with Crippen LogP contribution in [0, 0.1) is 23.2 Å². The van der Waals surface area contributed by atoms with Crippen LogP contribution in [0.4, 0.5) is 0 Å². The maximum atomic E-state index is 6.72. The van der Waals surface area contributed by atoms with Gasteiger partial charge in [0.1, 0.15) is 11.2 Å². The van der Waals surface area contributed by atoms with E-state index in [1.165, 1.54) is 19.3 Å². The summed E-state index contributed by atoms with van der Waals surface area (Å²) >= 11 is 0. The molecule has 8 atom stereocenters. The Morgan fingerprint density at radius 1 is 1.17 bits per heavy atom. The van der Waals surface area contributed by atoms with Gasteiger partial charge in [-0.1, -0.05) is 13.0 Å². The molecule has 2 heterocycles. The highest BCUT2D eigenvalue weighted by Crippen LogP contribution is 2.79. The molecule has 5 nitrogen and oxygen atoms in total. The fraction of sp³-hybridized carbons (Fsp3) is 0.917. The molecule has 0 amide bonds. The minimum atomic E-state index is -0.361. The van der Waals surface area contributed by atoms with Crippen molar-refractivity contribution in [2.24, 2.45) is 23.2 Å². The van der Waals surface area contributed by atoms with Crippen LogP contribution in [-0.2, 0) is 23.7 Å². The Hall–Kier alpha value is -0.460. The lowest BCUT2D eigenvalue weighted by Gasteiger charge is -2.51. The first kappa shape index (κ1) is 18.1. The summed E-state index contributed by atoms with van der Waals surface area (Å²) in [4.78, 5) is 0. The molecule has 0 radical (unpaired) electrons. The molecule has 7 rings (SSSR count). The number of hydrogen-bond donors (Lipinski definition) is 0. The molecular formula is C24H34O5. The fourth-order valence-corrected chi connectivity index (χ4v) is 8.82. The lowest BCUT2D eigenvalue weighted by molar-refractivity contribution is -0.196. The van der Waals surface area contributed by atoms with E-state index in [0.717, 1.165) is 51.2 Å². The third-order valence-corrected chi connectivity index (χ3v) is 10.3. The smallest absolute Gasteiger partial charge is 0.171 e. The molecule has 0 bridgehead atoms. The predicted molar refractivity (Wildman–Crippen MR) is 105 cm³/mol. The Balaban J connectivity index is 1.20. The minimum Gasteiger partial charge on any atom is -0.358 e. The molecule has 0 aromatic rings. The van der Waals surface area contributed by atoms with Crippen LogP contribution in [0.15, 0.2) is 11.6 Å². The Bertz CT molecular complexity index is 788. The summed E-state index contributed by atoms with van der Waals surface area (Å²) in [5.41, 5.74) is 1.87. The zero-order chi connectivity index (χ0) is 19.7. The molecule has 1 spiro atoms. The average molecular weight is 403 g/mol. The van der Waals surface area contributed by atoms with Gasteiger partial charge in [-0.3, -0.25) is 0 Å². The molecule has 160 valence electrons. The second-order valence-corrected chi connectivity index (χ2v) is 11.2. The third kappa shape index (κ3) is 1.97. The van der Waals surface area contributed by atoms with E-state index in [9.17, 15) is 0 Å². The van der Waals surface area contributed by atoms with Crippen molar-refractivity contribution in [2.45, 2.75) is 94.1 Å². The second-order valence-electron chi connectivity index (χ2n) is 11.2. The molecular weight excluding hydrogens is 368 g/mol. The normalized spacial score (nSPS) is 56.5. The lowest BCUT2D eigenvalue weighted by Crippen LogP contribution is -2.53. The van der Waals surface area contributed by atoms with Crippen LogP contribution in [0.3, 0.4) is 0 Å². The highest BCUT2D eigenvalue weighted by Gasteiger charge is 2.82. The molecule has 29 heavy (non-hydrogen) atoms. The summed E-state index contributed by atoms with van der Waals surface area (Å²) in [7, 11) is 1.75. The number of rotatable bonds is 3. The Kier molecular flexibility index (Phi) is 3.31. The molecule has 4 saturated carbocycles. The lowest BCUT2D eigenvalue weighted by atomic mass is 9.53. The number of hydrogen-bond acceptors (Lipinski definition) is 5. The highest BCUT2D eigenvalue weighted by atomic mass is 16.7. The van der Waals surface area contributed by atoms with E-state index in [1.54, 1.807) is 12.7 Å². The third-order valence-electron chi connectivity index (χ3n) is 10.3. The highest BCUT2D eigenvalue weighted by molar-refractivity contribution is 5.44. The van der Waals surface area contributed by atoms with E-state index in [1.807, 2.05) is 6.92 Å². The number of fused-ring (bicyclic) bond motifs is 5. The first-order valence-corrected chi connectivity index (χ1v) is 11.8. The monoisotopic (exact) mass is 402 g/mol. The summed E-state index contributed by atoms with van der Waals surface area (Å²) < 4.78 is 30.9. The number of epoxide rings is 1. The summed E-state index contributed by atoms with van der Waals surface area (Å²) in [6.45, 7) is 6.02. The summed E-state index contributed by atoms with van der Waals surface area (Å²) in [6.07, 6.45) is 11.5. The van der Waals surface area contributed by atoms with Gasteiger partial charge in [0, 0.05) is 25.4 Å². The average Bonchev–Trinajstić information content (AvgIpc) is 3.50. The van der Waals surface area contributed by atoms with E-state index >= 15 is 0 Å². The molecule has 0 N–H and O–H groups in total. The molecule has 5 aliphatic carbocycles. The number of allylic oxidation sites excluding steroid dienone is 1. The zero-order valence-corrected chi connectivity index (χ0v) is 18.0. The zero-order valence-electron chi connectivity index (χ0n) is 18.0. The maximum Gasteiger partial charge on any atom is 0.171 e. The van der Waals surface area contributed by atoms with Gasteiger partial charge in [-0.15, -0.1) is 0 Å². The minimum absolute atomic E-state index is 0.0154. The van der Waals surface area contributed by atoms with Crippen LogP contribution in [0.25, 0.3) is 0 Å². The summed E-state index contributed by atoms with van der Waals surface area (Å²) in [5, 5.41) is 0. The maximum absolute atomic E-state index is 6.72. The molecule has 6 fully saturated rings. The summed E-state index contributed by atoms with van der Waals surface area (Å²) in [5.74, 6) is 1.73. The van der Waals surface area contributed by atoms with Crippen molar-refractivity contribution in [1.82, 2.24) is 0 Å². The van der Waals surface area contributed by atoms with E-state index < -0.39 is 0 Å². The largest absolute Gasteiger partial charge is 0.358 e. The van der Waals surface area contributed by atoms with Crippen LogP contribution in [0.2, 0.25) is 0 Å². The molecule has 0 aromatic carbocycles. The van der Waals surface area contributed by atoms with Gasteiger partial charge in [0.05, 0.1) is 18.8 Å².